The maximum Gasteiger partial charge on any atom is 0.161 e. The number of aliphatic imine (C=N–C) groups is 1. The van der Waals surface area contributed by atoms with Crippen LogP contribution < -0.4 is 4.74 Å². The Bertz CT molecular complexity index is 756. The van der Waals surface area contributed by atoms with Gasteiger partial charge >= 0.3 is 0 Å². The number of hydrogen-bond acceptors (Lipinski definition) is 4. The molecule has 4 nitrogen and oxygen atoms in total. The van der Waals surface area contributed by atoms with E-state index in [1.807, 2.05) is 13.0 Å². The van der Waals surface area contributed by atoms with Crippen LogP contribution >= 0.6 is 0 Å². The summed E-state index contributed by atoms with van der Waals surface area (Å²) in [6.07, 6.45) is 3.98. The Labute approximate surface area is 136 Å². The molecule has 0 saturated carbocycles. The van der Waals surface area contributed by atoms with Crippen LogP contribution in [0.15, 0.2) is 54.0 Å². The number of phenolic OH excluding ortho intramolecular Hbond substituents is 1. The molecule has 0 aliphatic heterocycles. The Morgan fingerprint density at radius 1 is 1.30 bits per heavy atom. The van der Waals surface area contributed by atoms with Crippen molar-refractivity contribution in [3.8, 4) is 17.6 Å². The third-order valence-corrected chi connectivity index (χ3v) is 3.20. The van der Waals surface area contributed by atoms with Crippen LogP contribution in [0.1, 0.15) is 23.6 Å². The van der Waals surface area contributed by atoms with Crippen LogP contribution in [0, 0.1) is 11.3 Å². The van der Waals surface area contributed by atoms with Gasteiger partial charge in [0.05, 0.1) is 23.9 Å². The molecular formula is C19H18N2O2. The molecule has 2 rings (SSSR count). The number of allylic oxidation sites excluding steroid dienone is 1. The number of ether oxygens (including phenoxy) is 1. The molecule has 0 saturated heterocycles. The quantitative estimate of drug-likeness (QED) is 0.644. The van der Waals surface area contributed by atoms with Crippen molar-refractivity contribution in [3.05, 3.63) is 65.7 Å². The third-order valence-electron chi connectivity index (χ3n) is 3.20. The predicted molar refractivity (Wildman–Crippen MR) is 91.6 cm³/mol. The van der Waals surface area contributed by atoms with Gasteiger partial charge < -0.3 is 9.84 Å². The number of benzene rings is 2. The van der Waals surface area contributed by atoms with E-state index in [0.717, 1.165) is 16.8 Å². The maximum absolute atomic E-state index is 10.2. The lowest BCUT2D eigenvalue weighted by atomic mass is 10.1. The van der Waals surface area contributed by atoms with Gasteiger partial charge in [-0.15, -0.1) is 6.58 Å². The van der Waals surface area contributed by atoms with E-state index in [2.05, 4.69) is 17.6 Å². The van der Waals surface area contributed by atoms with Gasteiger partial charge in [0.1, 0.15) is 0 Å². The third kappa shape index (κ3) is 4.21. The summed E-state index contributed by atoms with van der Waals surface area (Å²) in [4.78, 5) is 4.39. The minimum atomic E-state index is 0.141. The standard InChI is InChI=1S/C19H18N2O2/c1-3-5-16-10-15(11-18(19(16)22)23-4-2)13-21-17-8-6-14(12-20)7-9-17/h3,6-11,13,22H,1,4-5H2,2H3. The van der Waals surface area contributed by atoms with Gasteiger partial charge in [0, 0.05) is 11.8 Å². The molecule has 0 aliphatic carbocycles. The lowest BCUT2D eigenvalue weighted by Gasteiger charge is -2.10. The van der Waals surface area contributed by atoms with Gasteiger partial charge in [0.25, 0.3) is 0 Å². The molecular weight excluding hydrogens is 288 g/mol. The SMILES string of the molecule is C=CCc1cc(C=Nc2ccc(C#N)cc2)cc(OCC)c1O. The first kappa shape index (κ1) is 16.3. The first-order valence-corrected chi connectivity index (χ1v) is 7.31. The second kappa shape index (κ2) is 7.81. The second-order valence-electron chi connectivity index (χ2n) is 4.87. The van der Waals surface area contributed by atoms with E-state index >= 15 is 0 Å². The van der Waals surface area contributed by atoms with Gasteiger partial charge in [0.15, 0.2) is 11.5 Å². The Kier molecular flexibility index (Phi) is 5.54. The van der Waals surface area contributed by atoms with Crippen molar-refractivity contribution in [3.63, 3.8) is 0 Å². The van der Waals surface area contributed by atoms with E-state index in [4.69, 9.17) is 10.00 Å². The Hall–Kier alpha value is -3.06. The van der Waals surface area contributed by atoms with Crippen molar-refractivity contribution in [2.75, 3.05) is 6.61 Å². The fraction of sp³-hybridized carbons (Fsp3) is 0.158. The minimum Gasteiger partial charge on any atom is -0.504 e. The number of aromatic hydroxyl groups is 1. The number of hydrogen-bond donors (Lipinski definition) is 1. The summed E-state index contributed by atoms with van der Waals surface area (Å²) in [5, 5.41) is 19.0. The molecule has 0 spiro atoms. The number of phenols is 1. The molecule has 2 aromatic rings. The molecule has 0 bridgehead atoms. The summed E-state index contributed by atoms with van der Waals surface area (Å²) in [5.74, 6) is 0.579. The molecule has 0 heterocycles. The molecule has 0 amide bonds. The molecule has 116 valence electrons. The summed E-state index contributed by atoms with van der Waals surface area (Å²) in [5.41, 5.74) is 2.92. The van der Waals surface area contributed by atoms with E-state index in [1.165, 1.54) is 0 Å². The highest BCUT2D eigenvalue weighted by Gasteiger charge is 2.09. The number of rotatable bonds is 6. The molecule has 0 unspecified atom stereocenters. The van der Waals surface area contributed by atoms with Gasteiger partial charge in [-0.3, -0.25) is 4.99 Å². The normalized spacial score (nSPS) is 10.4. The maximum atomic E-state index is 10.2. The van der Waals surface area contributed by atoms with Gasteiger partial charge in [-0.1, -0.05) is 6.08 Å². The molecule has 1 N–H and O–H groups in total. The van der Waals surface area contributed by atoms with E-state index in [9.17, 15) is 5.11 Å². The van der Waals surface area contributed by atoms with Gasteiger partial charge in [-0.05, 0) is 55.3 Å². The van der Waals surface area contributed by atoms with Gasteiger partial charge in [-0.25, -0.2) is 0 Å². The van der Waals surface area contributed by atoms with Crippen molar-refractivity contribution in [1.82, 2.24) is 0 Å². The zero-order valence-electron chi connectivity index (χ0n) is 13.0. The Morgan fingerprint density at radius 3 is 2.65 bits per heavy atom. The molecule has 0 aliphatic rings. The van der Waals surface area contributed by atoms with Crippen LogP contribution in [-0.4, -0.2) is 17.9 Å². The molecule has 0 fully saturated rings. The number of nitrogens with zero attached hydrogens (tertiary/aromatic N) is 2. The van der Waals surface area contributed by atoms with Crippen LogP contribution in [0.4, 0.5) is 5.69 Å². The zero-order valence-corrected chi connectivity index (χ0v) is 13.0. The molecule has 0 radical (unpaired) electrons. The summed E-state index contributed by atoms with van der Waals surface area (Å²) >= 11 is 0. The van der Waals surface area contributed by atoms with Crippen molar-refractivity contribution >= 4 is 11.9 Å². The summed E-state index contributed by atoms with van der Waals surface area (Å²) in [6, 6.07) is 12.7. The van der Waals surface area contributed by atoms with Crippen molar-refractivity contribution in [2.45, 2.75) is 13.3 Å². The first-order valence-electron chi connectivity index (χ1n) is 7.31. The largest absolute Gasteiger partial charge is 0.504 e. The van der Waals surface area contributed by atoms with Gasteiger partial charge in [0.2, 0.25) is 0 Å². The molecule has 23 heavy (non-hydrogen) atoms. The van der Waals surface area contributed by atoms with Crippen LogP contribution in [0.2, 0.25) is 0 Å². The van der Waals surface area contributed by atoms with Crippen molar-refractivity contribution in [1.29, 1.82) is 5.26 Å². The zero-order chi connectivity index (χ0) is 16.7. The topological polar surface area (TPSA) is 65.6 Å². The summed E-state index contributed by atoms with van der Waals surface area (Å²) in [6.45, 7) is 6.04. The molecule has 0 atom stereocenters. The number of nitriles is 1. The van der Waals surface area contributed by atoms with Crippen LogP contribution in [0.3, 0.4) is 0 Å². The molecule has 0 aromatic heterocycles. The summed E-state index contributed by atoms with van der Waals surface area (Å²) in [7, 11) is 0. The highest BCUT2D eigenvalue weighted by molar-refractivity contribution is 5.83. The van der Waals surface area contributed by atoms with E-state index in [0.29, 0.717) is 24.3 Å². The lowest BCUT2D eigenvalue weighted by Crippen LogP contribution is -1.96. The fourth-order valence-corrected chi connectivity index (χ4v) is 2.11. The minimum absolute atomic E-state index is 0.141. The van der Waals surface area contributed by atoms with Crippen LogP contribution in [0.25, 0.3) is 0 Å². The average Bonchev–Trinajstić information content (AvgIpc) is 2.57. The molecule has 4 heteroatoms. The van der Waals surface area contributed by atoms with E-state index in [1.54, 1.807) is 42.6 Å². The Balaban J connectivity index is 2.31. The van der Waals surface area contributed by atoms with Crippen LogP contribution in [-0.2, 0) is 6.42 Å². The van der Waals surface area contributed by atoms with E-state index in [-0.39, 0.29) is 5.75 Å². The smallest absolute Gasteiger partial charge is 0.161 e. The Morgan fingerprint density at radius 2 is 2.04 bits per heavy atom. The van der Waals surface area contributed by atoms with E-state index < -0.39 is 0 Å². The summed E-state index contributed by atoms with van der Waals surface area (Å²) < 4.78 is 5.46. The second-order valence-corrected chi connectivity index (χ2v) is 4.87. The fourth-order valence-electron chi connectivity index (χ4n) is 2.11. The highest BCUT2D eigenvalue weighted by Crippen LogP contribution is 2.32. The van der Waals surface area contributed by atoms with Crippen molar-refractivity contribution in [2.24, 2.45) is 4.99 Å². The van der Waals surface area contributed by atoms with Crippen molar-refractivity contribution < 1.29 is 9.84 Å². The van der Waals surface area contributed by atoms with Gasteiger partial charge in [-0.2, -0.15) is 5.26 Å². The highest BCUT2D eigenvalue weighted by atomic mass is 16.5. The monoisotopic (exact) mass is 306 g/mol. The lowest BCUT2D eigenvalue weighted by molar-refractivity contribution is 0.317. The average molecular weight is 306 g/mol. The van der Waals surface area contributed by atoms with Crippen LogP contribution in [0.5, 0.6) is 11.5 Å². The predicted octanol–water partition coefficient (Wildman–Crippen LogP) is 4.14. The first-order chi connectivity index (χ1) is 11.2. The molecule has 2 aromatic carbocycles.